The Hall–Kier alpha value is -2.08. The third-order valence-electron chi connectivity index (χ3n) is 3.73. The van der Waals surface area contributed by atoms with Crippen molar-refractivity contribution in [1.29, 1.82) is 0 Å². The molecule has 1 aromatic heterocycles. The van der Waals surface area contributed by atoms with Crippen molar-refractivity contribution in [2.75, 3.05) is 19.7 Å². The summed E-state index contributed by atoms with van der Waals surface area (Å²) in [6.45, 7) is 5.21. The van der Waals surface area contributed by atoms with Crippen LogP contribution in [0.15, 0.2) is 28.8 Å². The molecule has 0 unspecified atom stereocenters. The van der Waals surface area contributed by atoms with Gasteiger partial charge in [0.05, 0.1) is 5.92 Å². The number of hydrogen-bond donors (Lipinski definition) is 0. The highest BCUT2D eigenvalue weighted by atomic mass is 35.5. The lowest BCUT2D eigenvalue weighted by atomic mass is 10.00. The van der Waals surface area contributed by atoms with E-state index in [0.717, 1.165) is 0 Å². The van der Waals surface area contributed by atoms with Gasteiger partial charge in [-0.2, -0.15) is 4.98 Å². The summed E-state index contributed by atoms with van der Waals surface area (Å²) in [4.78, 5) is 18.2. The van der Waals surface area contributed by atoms with Crippen LogP contribution >= 0.6 is 11.6 Å². The molecule has 0 N–H and O–H groups in total. The molecule has 1 aliphatic heterocycles. The van der Waals surface area contributed by atoms with Gasteiger partial charge in [-0.3, -0.25) is 4.79 Å². The summed E-state index contributed by atoms with van der Waals surface area (Å²) in [5.41, 5.74) is 0. The molecule has 122 valence electrons. The molecule has 3 rings (SSSR count). The van der Waals surface area contributed by atoms with Crippen LogP contribution in [0.3, 0.4) is 0 Å². The molecule has 6 nitrogen and oxygen atoms in total. The predicted molar refractivity (Wildman–Crippen MR) is 84.7 cm³/mol. The molecule has 1 amide bonds. The fourth-order valence-corrected chi connectivity index (χ4v) is 2.38. The summed E-state index contributed by atoms with van der Waals surface area (Å²) in [5.74, 6) is 2.23. The van der Waals surface area contributed by atoms with Crippen molar-refractivity contribution < 1.29 is 14.1 Å². The van der Waals surface area contributed by atoms with Crippen molar-refractivity contribution in [2.24, 2.45) is 0 Å². The minimum atomic E-state index is -0.0557. The zero-order valence-corrected chi connectivity index (χ0v) is 13.8. The van der Waals surface area contributed by atoms with Crippen molar-refractivity contribution in [1.82, 2.24) is 15.0 Å². The van der Waals surface area contributed by atoms with Crippen LogP contribution < -0.4 is 4.74 Å². The standard InChI is InChI=1S/C16H18ClN3O3/c1-10(2)15-18-16(23-19-15)11-7-20(8-11)14(21)9-22-13-5-3-12(17)4-6-13/h3-6,10-11H,7-9H2,1-2H3. The van der Waals surface area contributed by atoms with E-state index in [1.54, 1.807) is 29.2 Å². The van der Waals surface area contributed by atoms with E-state index in [1.165, 1.54) is 0 Å². The lowest BCUT2D eigenvalue weighted by molar-refractivity contribution is -0.138. The van der Waals surface area contributed by atoms with Gasteiger partial charge in [0, 0.05) is 24.0 Å². The number of carbonyl (C=O) groups is 1. The molecule has 0 atom stereocenters. The molecule has 0 aliphatic carbocycles. The third kappa shape index (κ3) is 3.64. The zero-order valence-electron chi connectivity index (χ0n) is 13.0. The highest BCUT2D eigenvalue weighted by molar-refractivity contribution is 6.30. The molecule has 0 radical (unpaired) electrons. The van der Waals surface area contributed by atoms with Gasteiger partial charge in [-0.05, 0) is 24.3 Å². The van der Waals surface area contributed by atoms with Crippen molar-refractivity contribution in [2.45, 2.75) is 25.7 Å². The van der Waals surface area contributed by atoms with Gasteiger partial charge in [0.25, 0.3) is 5.91 Å². The quantitative estimate of drug-likeness (QED) is 0.840. The first-order chi connectivity index (χ1) is 11.0. The maximum Gasteiger partial charge on any atom is 0.260 e. The molecule has 1 saturated heterocycles. The van der Waals surface area contributed by atoms with Crippen LogP contribution in [0.5, 0.6) is 5.75 Å². The molecule has 1 aromatic carbocycles. The van der Waals surface area contributed by atoms with Crippen LogP contribution in [0.2, 0.25) is 5.02 Å². The second-order valence-electron chi connectivity index (χ2n) is 5.88. The molecule has 23 heavy (non-hydrogen) atoms. The Bertz CT molecular complexity index is 678. The molecular weight excluding hydrogens is 318 g/mol. The Morgan fingerprint density at radius 1 is 1.39 bits per heavy atom. The first kappa shape index (κ1) is 15.8. The van der Waals surface area contributed by atoms with E-state index in [1.807, 2.05) is 13.8 Å². The van der Waals surface area contributed by atoms with Crippen LogP contribution in [-0.2, 0) is 4.79 Å². The van der Waals surface area contributed by atoms with Gasteiger partial charge in [0.2, 0.25) is 5.89 Å². The summed E-state index contributed by atoms with van der Waals surface area (Å²) in [6, 6.07) is 6.92. The van der Waals surface area contributed by atoms with Crippen molar-refractivity contribution in [3.05, 3.63) is 41.0 Å². The highest BCUT2D eigenvalue weighted by Crippen LogP contribution is 2.27. The first-order valence-electron chi connectivity index (χ1n) is 7.52. The number of aromatic nitrogens is 2. The molecule has 2 aromatic rings. The Morgan fingerprint density at radius 3 is 2.70 bits per heavy atom. The number of rotatable bonds is 5. The van der Waals surface area contributed by atoms with Crippen molar-refractivity contribution in [3.63, 3.8) is 0 Å². The summed E-state index contributed by atoms with van der Waals surface area (Å²) in [6.07, 6.45) is 0. The van der Waals surface area contributed by atoms with Gasteiger partial charge in [0.1, 0.15) is 5.75 Å². The van der Waals surface area contributed by atoms with Crippen LogP contribution in [0.1, 0.15) is 37.4 Å². The molecule has 1 fully saturated rings. The smallest absolute Gasteiger partial charge is 0.260 e. The van der Waals surface area contributed by atoms with Gasteiger partial charge in [-0.25, -0.2) is 0 Å². The van der Waals surface area contributed by atoms with Gasteiger partial charge in [0.15, 0.2) is 12.4 Å². The van der Waals surface area contributed by atoms with E-state index in [4.69, 9.17) is 20.9 Å². The molecule has 0 bridgehead atoms. The average molecular weight is 336 g/mol. The van der Waals surface area contributed by atoms with E-state index < -0.39 is 0 Å². The van der Waals surface area contributed by atoms with E-state index in [2.05, 4.69) is 10.1 Å². The molecule has 0 spiro atoms. The van der Waals surface area contributed by atoms with E-state index >= 15 is 0 Å². The Morgan fingerprint density at radius 2 is 2.09 bits per heavy atom. The Labute approximate surface area is 139 Å². The van der Waals surface area contributed by atoms with E-state index in [0.29, 0.717) is 35.6 Å². The van der Waals surface area contributed by atoms with Gasteiger partial charge in [-0.1, -0.05) is 30.6 Å². The second-order valence-corrected chi connectivity index (χ2v) is 6.32. The number of carbonyl (C=O) groups excluding carboxylic acids is 1. The number of halogens is 1. The predicted octanol–water partition coefficient (Wildman–Crippen LogP) is 2.85. The number of ether oxygens (including phenoxy) is 1. The average Bonchev–Trinajstić information content (AvgIpc) is 2.95. The Balaban J connectivity index is 1.46. The maximum atomic E-state index is 12.1. The lowest BCUT2D eigenvalue weighted by Crippen LogP contribution is -2.50. The van der Waals surface area contributed by atoms with Gasteiger partial charge < -0.3 is 14.2 Å². The summed E-state index contributed by atoms with van der Waals surface area (Å²) < 4.78 is 10.7. The molecule has 1 aliphatic rings. The molecular formula is C16H18ClN3O3. The van der Waals surface area contributed by atoms with Crippen LogP contribution in [-0.4, -0.2) is 40.6 Å². The number of nitrogens with zero attached hydrogens (tertiary/aromatic N) is 3. The van der Waals surface area contributed by atoms with Gasteiger partial charge >= 0.3 is 0 Å². The maximum absolute atomic E-state index is 12.1. The lowest BCUT2D eigenvalue weighted by Gasteiger charge is -2.36. The fraction of sp³-hybridized carbons (Fsp3) is 0.438. The SMILES string of the molecule is CC(C)c1noc(C2CN(C(=O)COc3ccc(Cl)cc3)C2)n1. The van der Waals surface area contributed by atoms with Crippen molar-refractivity contribution >= 4 is 17.5 Å². The summed E-state index contributed by atoms with van der Waals surface area (Å²) >= 11 is 5.80. The minimum absolute atomic E-state index is 0.00935. The topological polar surface area (TPSA) is 68.5 Å². The highest BCUT2D eigenvalue weighted by Gasteiger charge is 2.35. The van der Waals surface area contributed by atoms with E-state index in [-0.39, 0.29) is 24.3 Å². The Kier molecular flexibility index (Phi) is 4.52. The zero-order chi connectivity index (χ0) is 16.4. The van der Waals surface area contributed by atoms with Crippen LogP contribution in [0, 0.1) is 0 Å². The second kappa shape index (κ2) is 6.58. The molecule has 7 heteroatoms. The van der Waals surface area contributed by atoms with Crippen molar-refractivity contribution in [3.8, 4) is 5.75 Å². The number of amides is 1. The normalized spacial score (nSPS) is 14.9. The summed E-state index contributed by atoms with van der Waals surface area (Å²) in [5, 5.41) is 4.58. The van der Waals surface area contributed by atoms with E-state index in [9.17, 15) is 4.79 Å². The monoisotopic (exact) mass is 335 g/mol. The number of benzene rings is 1. The van der Waals surface area contributed by atoms with Crippen LogP contribution in [0.4, 0.5) is 0 Å². The number of hydrogen-bond acceptors (Lipinski definition) is 5. The molecule has 0 saturated carbocycles. The first-order valence-corrected chi connectivity index (χ1v) is 7.90. The third-order valence-corrected chi connectivity index (χ3v) is 3.99. The molecule has 2 heterocycles. The largest absolute Gasteiger partial charge is 0.484 e. The number of likely N-dealkylation sites (tertiary alicyclic amines) is 1. The summed E-state index contributed by atoms with van der Waals surface area (Å²) in [7, 11) is 0. The minimum Gasteiger partial charge on any atom is -0.484 e. The van der Waals surface area contributed by atoms with Crippen LogP contribution in [0.25, 0.3) is 0 Å². The fourth-order valence-electron chi connectivity index (χ4n) is 2.25. The van der Waals surface area contributed by atoms with Gasteiger partial charge in [-0.15, -0.1) is 0 Å².